The number of hydrogen-bond acceptors (Lipinski definition) is 3. The van der Waals surface area contributed by atoms with Crippen LogP contribution in [0.2, 0.25) is 5.02 Å². The Kier molecular flexibility index (Phi) is 8.61. The largest absolute Gasteiger partial charge is 0.382 e. The van der Waals surface area contributed by atoms with Crippen molar-refractivity contribution in [3.8, 4) is 0 Å². The van der Waals surface area contributed by atoms with Gasteiger partial charge in [0.25, 0.3) is 0 Å². The van der Waals surface area contributed by atoms with Crippen LogP contribution >= 0.6 is 23.8 Å². The Morgan fingerprint density at radius 3 is 2.67 bits per heavy atom. The number of nitrogens with one attached hydrogen (secondary N) is 2. The lowest BCUT2D eigenvalue weighted by atomic mass is 10.1. The normalized spacial score (nSPS) is 10.5. The van der Waals surface area contributed by atoms with E-state index in [4.69, 9.17) is 33.3 Å². The second-order valence-corrected chi connectivity index (χ2v) is 5.59. The van der Waals surface area contributed by atoms with Gasteiger partial charge < -0.3 is 20.1 Å². The summed E-state index contributed by atoms with van der Waals surface area (Å²) >= 11 is 11.5. The zero-order valence-electron chi connectivity index (χ0n) is 12.8. The summed E-state index contributed by atoms with van der Waals surface area (Å²) in [6.45, 7) is 6.71. The third kappa shape index (κ3) is 7.09. The molecule has 0 aliphatic carbocycles. The first-order valence-electron chi connectivity index (χ1n) is 6.93. The molecule has 0 aliphatic heterocycles. The summed E-state index contributed by atoms with van der Waals surface area (Å²) in [4.78, 5) is 0. The molecule has 21 heavy (non-hydrogen) atoms. The van der Waals surface area contributed by atoms with Gasteiger partial charge in [-0.3, -0.25) is 0 Å². The van der Waals surface area contributed by atoms with E-state index in [0.29, 0.717) is 30.0 Å². The van der Waals surface area contributed by atoms with Gasteiger partial charge in [-0.25, -0.2) is 0 Å². The quantitative estimate of drug-likeness (QED) is 0.565. The van der Waals surface area contributed by atoms with Crippen LogP contribution < -0.4 is 10.6 Å². The molecule has 1 rings (SSSR count). The summed E-state index contributed by atoms with van der Waals surface area (Å²) in [6.07, 6.45) is 0.881. The van der Waals surface area contributed by atoms with Crippen molar-refractivity contribution in [2.24, 2.45) is 0 Å². The van der Waals surface area contributed by atoms with E-state index < -0.39 is 0 Å². The molecule has 0 saturated heterocycles. The maximum absolute atomic E-state index is 6.23. The Balaban J connectivity index is 2.28. The summed E-state index contributed by atoms with van der Waals surface area (Å²) in [6, 6.07) is 3.99. The number of thiocarbonyl (C=S) groups is 1. The second-order valence-electron chi connectivity index (χ2n) is 4.78. The highest BCUT2D eigenvalue weighted by Crippen LogP contribution is 2.27. The zero-order valence-corrected chi connectivity index (χ0v) is 14.4. The standard InChI is InChI=1S/C15H23ClN2O2S/c1-11-9-12(2)14(13(16)10-11)18-15(21)17-5-4-6-20-8-7-19-3/h9-10H,4-8H2,1-3H3,(H2,17,18,21). The van der Waals surface area contributed by atoms with Gasteiger partial charge in [-0.15, -0.1) is 0 Å². The van der Waals surface area contributed by atoms with Crippen molar-refractivity contribution in [3.63, 3.8) is 0 Å². The van der Waals surface area contributed by atoms with Crippen molar-refractivity contribution in [2.45, 2.75) is 20.3 Å². The molecule has 0 radical (unpaired) electrons. The zero-order chi connectivity index (χ0) is 15.7. The molecule has 0 aliphatic rings. The van der Waals surface area contributed by atoms with Gasteiger partial charge in [-0.05, 0) is 49.7 Å². The number of hydrogen-bond donors (Lipinski definition) is 2. The third-order valence-electron chi connectivity index (χ3n) is 2.85. The van der Waals surface area contributed by atoms with Gasteiger partial charge in [0, 0.05) is 20.3 Å². The number of rotatable bonds is 8. The van der Waals surface area contributed by atoms with Gasteiger partial charge >= 0.3 is 0 Å². The van der Waals surface area contributed by atoms with E-state index in [2.05, 4.69) is 16.7 Å². The lowest BCUT2D eigenvalue weighted by Crippen LogP contribution is -2.30. The molecule has 0 spiro atoms. The van der Waals surface area contributed by atoms with Crippen LogP contribution in [0.15, 0.2) is 12.1 Å². The van der Waals surface area contributed by atoms with Crippen LogP contribution in [-0.4, -0.2) is 38.6 Å². The van der Waals surface area contributed by atoms with Crippen molar-refractivity contribution in [1.82, 2.24) is 5.32 Å². The number of aryl methyl sites for hydroxylation is 2. The molecule has 0 saturated carbocycles. The molecule has 0 fully saturated rings. The van der Waals surface area contributed by atoms with E-state index in [1.54, 1.807) is 7.11 Å². The number of halogens is 1. The fraction of sp³-hybridized carbons (Fsp3) is 0.533. The molecule has 0 heterocycles. The Bertz CT molecular complexity index is 446. The lowest BCUT2D eigenvalue weighted by Gasteiger charge is -2.14. The average Bonchev–Trinajstić information content (AvgIpc) is 2.42. The number of ether oxygens (including phenoxy) is 2. The molecular weight excluding hydrogens is 308 g/mol. The smallest absolute Gasteiger partial charge is 0.170 e. The highest BCUT2D eigenvalue weighted by atomic mass is 35.5. The SMILES string of the molecule is COCCOCCCNC(=S)Nc1c(C)cc(C)cc1Cl. The maximum atomic E-state index is 6.23. The summed E-state index contributed by atoms with van der Waals surface area (Å²) in [5, 5.41) is 7.54. The summed E-state index contributed by atoms with van der Waals surface area (Å²) in [7, 11) is 1.66. The highest BCUT2D eigenvalue weighted by Gasteiger charge is 2.06. The third-order valence-corrected chi connectivity index (χ3v) is 3.40. The lowest BCUT2D eigenvalue weighted by molar-refractivity contribution is 0.0699. The first-order valence-corrected chi connectivity index (χ1v) is 7.71. The fourth-order valence-corrected chi connectivity index (χ4v) is 2.42. The minimum absolute atomic E-state index is 0.570. The molecule has 2 N–H and O–H groups in total. The highest BCUT2D eigenvalue weighted by molar-refractivity contribution is 7.80. The van der Waals surface area contributed by atoms with Crippen LogP contribution in [0.1, 0.15) is 17.5 Å². The predicted octanol–water partition coefficient (Wildman–Crippen LogP) is 3.30. The number of methoxy groups -OCH3 is 1. The molecule has 4 nitrogen and oxygen atoms in total. The van der Waals surface area contributed by atoms with Crippen LogP contribution in [0.3, 0.4) is 0 Å². The van der Waals surface area contributed by atoms with E-state index in [9.17, 15) is 0 Å². The molecule has 118 valence electrons. The van der Waals surface area contributed by atoms with E-state index in [1.165, 1.54) is 0 Å². The second kappa shape index (κ2) is 9.95. The molecule has 0 amide bonds. The minimum atomic E-state index is 0.570. The van der Waals surface area contributed by atoms with Crippen molar-refractivity contribution in [3.05, 3.63) is 28.3 Å². The van der Waals surface area contributed by atoms with Crippen LogP contribution in [0.4, 0.5) is 5.69 Å². The van der Waals surface area contributed by atoms with Gasteiger partial charge in [0.2, 0.25) is 0 Å². The Labute approximate surface area is 137 Å². The first-order chi connectivity index (χ1) is 10.0. The minimum Gasteiger partial charge on any atom is -0.382 e. The Hall–Kier alpha value is -0.880. The van der Waals surface area contributed by atoms with Gasteiger partial charge in [0.05, 0.1) is 23.9 Å². The predicted molar refractivity (Wildman–Crippen MR) is 92.5 cm³/mol. The molecule has 0 aromatic heterocycles. The van der Waals surface area contributed by atoms with Crippen molar-refractivity contribution in [2.75, 3.05) is 38.8 Å². The van der Waals surface area contributed by atoms with E-state index in [1.807, 2.05) is 19.9 Å². The van der Waals surface area contributed by atoms with Crippen LogP contribution in [-0.2, 0) is 9.47 Å². The van der Waals surface area contributed by atoms with Gasteiger partial charge in [-0.2, -0.15) is 0 Å². The summed E-state index contributed by atoms with van der Waals surface area (Å²) in [5.41, 5.74) is 3.07. The summed E-state index contributed by atoms with van der Waals surface area (Å²) < 4.78 is 10.3. The maximum Gasteiger partial charge on any atom is 0.170 e. The van der Waals surface area contributed by atoms with E-state index >= 15 is 0 Å². The first kappa shape index (κ1) is 18.2. The molecule has 1 aromatic rings. The van der Waals surface area contributed by atoms with Crippen molar-refractivity contribution >= 4 is 34.6 Å². The molecule has 0 unspecified atom stereocenters. The monoisotopic (exact) mass is 330 g/mol. The number of anilines is 1. The van der Waals surface area contributed by atoms with Crippen LogP contribution in [0, 0.1) is 13.8 Å². The molecule has 0 atom stereocenters. The Morgan fingerprint density at radius 1 is 1.24 bits per heavy atom. The number of benzene rings is 1. The van der Waals surface area contributed by atoms with Gasteiger partial charge in [0.15, 0.2) is 5.11 Å². The van der Waals surface area contributed by atoms with E-state index in [-0.39, 0.29) is 0 Å². The topological polar surface area (TPSA) is 42.5 Å². The van der Waals surface area contributed by atoms with Gasteiger partial charge in [0.1, 0.15) is 0 Å². The van der Waals surface area contributed by atoms with Crippen molar-refractivity contribution < 1.29 is 9.47 Å². The van der Waals surface area contributed by atoms with Gasteiger partial charge in [-0.1, -0.05) is 17.7 Å². The van der Waals surface area contributed by atoms with Crippen molar-refractivity contribution in [1.29, 1.82) is 0 Å². The van der Waals surface area contributed by atoms with Crippen LogP contribution in [0.25, 0.3) is 0 Å². The molecule has 1 aromatic carbocycles. The van der Waals surface area contributed by atoms with Crippen LogP contribution in [0.5, 0.6) is 0 Å². The average molecular weight is 331 g/mol. The Morgan fingerprint density at radius 2 is 2.00 bits per heavy atom. The molecule has 6 heteroatoms. The molecule has 0 bridgehead atoms. The van der Waals surface area contributed by atoms with E-state index in [0.717, 1.165) is 29.8 Å². The molecular formula is C15H23ClN2O2S. The fourth-order valence-electron chi connectivity index (χ4n) is 1.85. The summed E-state index contributed by atoms with van der Waals surface area (Å²) in [5.74, 6) is 0.